The maximum absolute atomic E-state index is 10.7. The van der Waals surface area contributed by atoms with Crippen LogP contribution in [0.1, 0.15) is 16.7 Å². The summed E-state index contributed by atoms with van der Waals surface area (Å²) < 4.78 is 10.7. The average molecular weight is 365 g/mol. The number of methoxy groups -OCH3 is 2. The molecule has 0 amide bonds. The third-order valence-corrected chi connectivity index (χ3v) is 4.35. The zero-order chi connectivity index (χ0) is 17.1. The molecule has 0 saturated heterocycles. The number of rotatable bonds is 5. The Labute approximate surface area is 152 Å². The third-order valence-electron chi connectivity index (χ3n) is 4.35. The van der Waals surface area contributed by atoms with Gasteiger partial charge in [0.05, 0.1) is 19.1 Å². The number of nitrogens with zero attached hydrogens (tertiary/aromatic N) is 2. The van der Waals surface area contributed by atoms with Crippen LogP contribution in [0, 0.1) is 10.1 Å². The van der Waals surface area contributed by atoms with E-state index in [4.69, 9.17) is 9.47 Å². The van der Waals surface area contributed by atoms with Crippen molar-refractivity contribution in [2.24, 2.45) is 0 Å². The van der Waals surface area contributed by atoms with Crippen molar-refractivity contribution in [3.63, 3.8) is 0 Å². The van der Waals surface area contributed by atoms with Crippen LogP contribution in [0.5, 0.6) is 11.5 Å². The van der Waals surface area contributed by atoms with Gasteiger partial charge in [0.1, 0.15) is 0 Å². The van der Waals surface area contributed by atoms with Crippen LogP contribution in [0.3, 0.4) is 0 Å². The minimum absolute atomic E-state index is 0. The predicted octanol–water partition coefficient (Wildman–Crippen LogP) is 3.59. The van der Waals surface area contributed by atoms with Gasteiger partial charge in [-0.15, -0.1) is 12.4 Å². The van der Waals surface area contributed by atoms with E-state index >= 15 is 0 Å². The molecule has 25 heavy (non-hydrogen) atoms. The summed E-state index contributed by atoms with van der Waals surface area (Å²) in [6.45, 7) is 2.54. The minimum atomic E-state index is -0.374. The lowest BCUT2D eigenvalue weighted by Crippen LogP contribution is -2.30. The number of non-ortho nitro benzene ring substituents is 1. The molecule has 1 aliphatic heterocycles. The van der Waals surface area contributed by atoms with Gasteiger partial charge in [0, 0.05) is 31.8 Å². The molecule has 134 valence electrons. The lowest BCUT2D eigenvalue weighted by molar-refractivity contribution is -0.384. The zero-order valence-electron chi connectivity index (χ0n) is 14.2. The highest BCUT2D eigenvalue weighted by atomic mass is 35.5. The van der Waals surface area contributed by atoms with Crippen LogP contribution in [0.15, 0.2) is 36.4 Å². The van der Waals surface area contributed by atoms with Gasteiger partial charge in [-0.05, 0) is 35.2 Å². The van der Waals surface area contributed by atoms with Crippen LogP contribution in [0.2, 0.25) is 0 Å². The Morgan fingerprint density at radius 3 is 2.24 bits per heavy atom. The molecule has 1 heterocycles. The Morgan fingerprint density at radius 1 is 1.08 bits per heavy atom. The molecule has 0 bridgehead atoms. The molecule has 0 atom stereocenters. The average Bonchev–Trinajstić information content (AvgIpc) is 2.60. The Balaban J connectivity index is 0.00000225. The van der Waals surface area contributed by atoms with Crippen LogP contribution < -0.4 is 9.47 Å². The second-order valence-corrected chi connectivity index (χ2v) is 5.86. The number of nitro groups is 1. The Bertz CT molecular complexity index is 749. The number of nitro benzene ring substituents is 1. The molecule has 0 radical (unpaired) electrons. The molecule has 1 aliphatic rings. The normalized spacial score (nSPS) is 13.5. The van der Waals surface area contributed by atoms with Gasteiger partial charge < -0.3 is 9.47 Å². The van der Waals surface area contributed by atoms with Crippen molar-refractivity contribution in [3.05, 3.63) is 63.2 Å². The van der Waals surface area contributed by atoms with Gasteiger partial charge in [0.25, 0.3) is 5.69 Å². The van der Waals surface area contributed by atoms with Gasteiger partial charge in [0.2, 0.25) is 0 Å². The summed E-state index contributed by atoms with van der Waals surface area (Å²) in [5.41, 5.74) is 3.72. The Kier molecular flexibility index (Phi) is 6.22. The van der Waals surface area contributed by atoms with Crippen molar-refractivity contribution in [2.45, 2.75) is 19.5 Å². The molecular formula is C18H21ClN2O4. The van der Waals surface area contributed by atoms with Gasteiger partial charge in [-0.2, -0.15) is 0 Å². The second kappa shape index (κ2) is 8.18. The molecule has 0 aromatic heterocycles. The lowest BCUT2D eigenvalue weighted by atomic mass is 9.98. The van der Waals surface area contributed by atoms with E-state index in [1.165, 1.54) is 11.1 Å². The van der Waals surface area contributed by atoms with Crippen LogP contribution in [0.25, 0.3) is 0 Å². The molecule has 2 aromatic rings. The van der Waals surface area contributed by atoms with E-state index in [1.807, 2.05) is 18.2 Å². The molecule has 0 aliphatic carbocycles. The van der Waals surface area contributed by atoms with E-state index in [2.05, 4.69) is 11.0 Å². The molecule has 3 rings (SSSR count). The first kappa shape index (κ1) is 19.0. The van der Waals surface area contributed by atoms with Crippen molar-refractivity contribution in [3.8, 4) is 11.5 Å². The first-order chi connectivity index (χ1) is 11.6. The van der Waals surface area contributed by atoms with Gasteiger partial charge in [-0.1, -0.05) is 12.1 Å². The number of fused-ring (bicyclic) bond motifs is 1. The van der Waals surface area contributed by atoms with Crippen LogP contribution in [0.4, 0.5) is 5.69 Å². The highest BCUT2D eigenvalue weighted by Gasteiger charge is 2.19. The van der Waals surface area contributed by atoms with Crippen molar-refractivity contribution < 1.29 is 14.4 Å². The highest BCUT2D eigenvalue weighted by molar-refractivity contribution is 5.85. The van der Waals surface area contributed by atoms with Gasteiger partial charge in [-0.25, -0.2) is 0 Å². The van der Waals surface area contributed by atoms with Crippen LogP contribution in [-0.4, -0.2) is 30.6 Å². The monoisotopic (exact) mass is 364 g/mol. The quantitative estimate of drug-likeness (QED) is 0.599. The second-order valence-electron chi connectivity index (χ2n) is 5.86. The molecular weight excluding hydrogens is 344 g/mol. The summed E-state index contributed by atoms with van der Waals surface area (Å²) >= 11 is 0. The largest absolute Gasteiger partial charge is 0.493 e. The SMILES string of the molecule is COc1cc2c(cc1OC)CN(Cc1ccc([N+](=O)[O-])cc1)CC2.Cl. The van der Waals surface area contributed by atoms with Gasteiger partial charge in [-0.3, -0.25) is 15.0 Å². The highest BCUT2D eigenvalue weighted by Crippen LogP contribution is 2.33. The summed E-state index contributed by atoms with van der Waals surface area (Å²) in [5.74, 6) is 1.51. The van der Waals surface area contributed by atoms with Gasteiger partial charge >= 0.3 is 0 Å². The predicted molar refractivity (Wildman–Crippen MR) is 97.7 cm³/mol. The van der Waals surface area contributed by atoms with Crippen molar-refractivity contribution >= 4 is 18.1 Å². The van der Waals surface area contributed by atoms with E-state index in [1.54, 1.807) is 26.4 Å². The smallest absolute Gasteiger partial charge is 0.269 e. The van der Waals surface area contributed by atoms with Crippen molar-refractivity contribution in [1.29, 1.82) is 0 Å². The number of hydrogen-bond donors (Lipinski definition) is 0. The van der Waals surface area contributed by atoms with E-state index in [-0.39, 0.29) is 23.0 Å². The first-order valence-corrected chi connectivity index (χ1v) is 7.80. The molecule has 0 saturated carbocycles. The summed E-state index contributed by atoms with van der Waals surface area (Å²) in [4.78, 5) is 12.7. The molecule has 0 N–H and O–H groups in total. The number of benzene rings is 2. The Hall–Kier alpha value is -2.31. The fourth-order valence-corrected chi connectivity index (χ4v) is 3.06. The summed E-state index contributed by atoms with van der Waals surface area (Å²) in [7, 11) is 3.29. The van der Waals surface area contributed by atoms with E-state index in [0.717, 1.165) is 43.1 Å². The summed E-state index contributed by atoms with van der Waals surface area (Å²) in [6.07, 6.45) is 0.947. The molecule has 6 nitrogen and oxygen atoms in total. The van der Waals surface area contributed by atoms with Crippen molar-refractivity contribution in [2.75, 3.05) is 20.8 Å². The lowest BCUT2D eigenvalue weighted by Gasteiger charge is -2.29. The Morgan fingerprint density at radius 2 is 1.68 bits per heavy atom. The summed E-state index contributed by atoms with van der Waals surface area (Å²) in [5, 5.41) is 10.7. The molecule has 0 spiro atoms. The number of halogens is 1. The topological polar surface area (TPSA) is 64.8 Å². The number of ether oxygens (including phenoxy) is 2. The third kappa shape index (κ3) is 4.21. The molecule has 7 heteroatoms. The first-order valence-electron chi connectivity index (χ1n) is 7.80. The molecule has 0 unspecified atom stereocenters. The van der Waals surface area contributed by atoms with Crippen LogP contribution in [-0.2, 0) is 19.5 Å². The molecule has 0 fully saturated rings. The van der Waals surface area contributed by atoms with E-state index in [9.17, 15) is 10.1 Å². The fourth-order valence-electron chi connectivity index (χ4n) is 3.06. The molecule has 2 aromatic carbocycles. The number of hydrogen-bond acceptors (Lipinski definition) is 5. The van der Waals surface area contributed by atoms with Crippen molar-refractivity contribution in [1.82, 2.24) is 4.90 Å². The van der Waals surface area contributed by atoms with Crippen LogP contribution >= 0.6 is 12.4 Å². The van der Waals surface area contributed by atoms with E-state index < -0.39 is 0 Å². The standard InChI is InChI=1S/C18H20N2O4.ClH/c1-23-17-9-14-7-8-19(12-15(14)10-18(17)24-2)11-13-3-5-16(6-4-13)20(21)22;/h3-6,9-10H,7-8,11-12H2,1-2H3;1H. The zero-order valence-corrected chi connectivity index (χ0v) is 15.0. The fraction of sp³-hybridized carbons (Fsp3) is 0.333. The summed E-state index contributed by atoms with van der Waals surface area (Å²) in [6, 6.07) is 10.8. The minimum Gasteiger partial charge on any atom is -0.493 e. The van der Waals surface area contributed by atoms with E-state index in [0.29, 0.717) is 0 Å². The maximum atomic E-state index is 10.7. The maximum Gasteiger partial charge on any atom is 0.269 e. The van der Waals surface area contributed by atoms with Gasteiger partial charge in [0.15, 0.2) is 11.5 Å².